The van der Waals surface area contributed by atoms with Gasteiger partial charge in [0.15, 0.2) is 0 Å². The fourth-order valence-electron chi connectivity index (χ4n) is 11.8. The molecule has 4 N–H and O–H groups in total. The summed E-state index contributed by atoms with van der Waals surface area (Å²) in [5.74, 6) is -8.03. The standard InChI is InChI=1S/C46H44N6O16S2/c1-27(53)67-25-45(61)39(57)49-35-41(23-43(49,59)37(55)47(45)3,31-19-11-13-21-33(31)51(35)69(63,64)29-15-7-5-8-16-29)42-24-44(60)38(56)48(4)46(62,26-68-28(2)54)40(58)50(44)36(42)52(34-22-14-12-20-32(34)42)70(65,66)30-17-9-6-10-18-30/h5-22,35-36,59-62H,23-26H2,1-4H3/t35-,36-,41+,42+,43+,44+,45-,46-/m1/s1. The third kappa shape index (κ3) is 5.50. The van der Waals surface area contributed by atoms with Crippen LogP contribution in [0.5, 0.6) is 0 Å². The second kappa shape index (κ2) is 14.8. The van der Waals surface area contributed by atoms with Crippen molar-refractivity contribution in [3.05, 3.63) is 120 Å². The van der Waals surface area contributed by atoms with Crippen LogP contribution in [0.1, 0.15) is 37.8 Å². The van der Waals surface area contributed by atoms with Gasteiger partial charge in [0, 0.05) is 40.8 Å². The first-order chi connectivity index (χ1) is 32.8. The number of para-hydroxylation sites is 2. The van der Waals surface area contributed by atoms with Crippen LogP contribution >= 0.6 is 0 Å². The first-order valence-corrected chi connectivity index (χ1v) is 24.5. The van der Waals surface area contributed by atoms with E-state index in [4.69, 9.17) is 9.47 Å². The van der Waals surface area contributed by atoms with Gasteiger partial charge in [0.05, 0.1) is 32.0 Å². The van der Waals surface area contributed by atoms with Crippen LogP contribution in [-0.4, -0.2) is 155 Å². The summed E-state index contributed by atoms with van der Waals surface area (Å²) in [5, 5.41) is 51.3. The van der Waals surface area contributed by atoms with Gasteiger partial charge in [-0.25, -0.2) is 25.4 Å². The summed E-state index contributed by atoms with van der Waals surface area (Å²) in [6.45, 7) is -0.540. The zero-order chi connectivity index (χ0) is 50.5. The summed E-state index contributed by atoms with van der Waals surface area (Å²) in [5.41, 5.74) is -18.4. The Labute approximate surface area is 399 Å². The highest BCUT2D eigenvalue weighted by Crippen LogP contribution is 2.74. The summed E-state index contributed by atoms with van der Waals surface area (Å²) in [4.78, 5) is 86.8. The Bertz CT molecular complexity index is 3010. The number of hydrogen-bond donors (Lipinski definition) is 4. The first-order valence-electron chi connectivity index (χ1n) is 21.6. The van der Waals surface area contributed by atoms with Gasteiger partial charge in [0.1, 0.15) is 25.5 Å². The van der Waals surface area contributed by atoms with Crippen LogP contribution < -0.4 is 8.61 Å². The number of aliphatic hydroxyl groups is 4. The average Bonchev–Trinajstić information content (AvgIpc) is 3.99. The van der Waals surface area contributed by atoms with Crippen molar-refractivity contribution in [3.8, 4) is 0 Å². The van der Waals surface area contributed by atoms with Crippen molar-refractivity contribution in [2.45, 2.75) is 82.5 Å². The number of esters is 2. The van der Waals surface area contributed by atoms with E-state index in [1.165, 1.54) is 109 Å². The highest BCUT2D eigenvalue weighted by Gasteiger charge is 2.88. The van der Waals surface area contributed by atoms with Crippen LogP contribution in [0.15, 0.2) is 119 Å². The molecule has 4 saturated heterocycles. The molecule has 366 valence electrons. The number of rotatable bonds is 9. The van der Waals surface area contributed by atoms with Crippen molar-refractivity contribution < 1.29 is 75.5 Å². The third-order valence-corrected chi connectivity index (χ3v) is 18.3. The van der Waals surface area contributed by atoms with Gasteiger partial charge in [-0.2, -0.15) is 0 Å². The van der Waals surface area contributed by atoms with Gasteiger partial charge in [-0.1, -0.05) is 72.8 Å². The Balaban J connectivity index is 1.37. The number of hydrogen-bond acceptors (Lipinski definition) is 16. The molecule has 70 heavy (non-hydrogen) atoms. The number of piperazine rings is 2. The lowest BCUT2D eigenvalue weighted by molar-refractivity contribution is -0.234. The van der Waals surface area contributed by atoms with Crippen LogP contribution in [0.4, 0.5) is 11.4 Å². The SMILES string of the molecule is CC(=O)OC[C@@]1(O)C(=O)N2[C@@H]3N(S(=O)(=O)c4ccccc4)c4ccccc4[C@@]3([C@]34C[C@]5(O)C(=O)N(C)[C@@](O)(COC(C)=O)C(=O)N5[C@@H]3N(S(=O)(=O)c3ccccc3)c3ccccc34)C[C@]2(O)C(=O)N1C. The van der Waals surface area contributed by atoms with E-state index in [1.54, 1.807) is 0 Å². The fourth-order valence-corrected chi connectivity index (χ4v) is 15.1. The van der Waals surface area contributed by atoms with Gasteiger partial charge in [-0.15, -0.1) is 0 Å². The average molecular weight is 1000 g/mol. The molecule has 0 radical (unpaired) electrons. The molecule has 0 aromatic heterocycles. The molecule has 24 heteroatoms. The molecule has 22 nitrogen and oxygen atoms in total. The van der Waals surface area contributed by atoms with E-state index in [1.807, 2.05) is 0 Å². The maximum atomic E-state index is 15.6. The number of carbonyl (C=O) groups is 6. The number of likely N-dealkylation sites (N-methyl/N-ethyl adjacent to an activating group) is 2. The quantitative estimate of drug-likeness (QED) is 0.150. The summed E-state index contributed by atoms with van der Waals surface area (Å²) >= 11 is 0. The molecule has 4 fully saturated rings. The zero-order valence-electron chi connectivity index (χ0n) is 37.6. The van der Waals surface area contributed by atoms with Gasteiger partial charge in [-0.05, 0) is 47.5 Å². The molecule has 0 spiro atoms. The lowest BCUT2D eigenvalue weighted by Crippen LogP contribution is -2.78. The number of amides is 4. The summed E-state index contributed by atoms with van der Waals surface area (Å²) < 4.78 is 74.2. The molecule has 4 aromatic rings. The minimum Gasteiger partial charge on any atom is -0.460 e. The maximum absolute atomic E-state index is 15.6. The minimum atomic E-state index is -5.07. The second-order valence-electron chi connectivity index (χ2n) is 18.2. The van der Waals surface area contributed by atoms with Crippen LogP contribution in [-0.2, 0) is 69.1 Å². The molecule has 0 bridgehead atoms. The van der Waals surface area contributed by atoms with Crippen LogP contribution in [0, 0.1) is 0 Å². The van der Waals surface area contributed by atoms with E-state index in [-0.39, 0.29) is 22.5 Å². The smallest absolute Gasteiger partial charge is 0.302 e. The Morgan fingerprint density at radius 1 is 0.529 bits per heavy atom. The Kier molecular flexibility index (Phi) is 9.87. The largest absolute Gasteiger partial charge is 0.460 e. The van der Waals surface area contributed by atoms with E-state index in [9.17, 15) is 30.0 Å². The molecule has 10 rings (SSSR count). The van der Waals surface area contributed by atoms with Crippen molar-refractivity contribution in [1.29, 1.82) is 0 Å². The van der Waals surface area contributed by atoms with E-state index in [0.29, 0.717) is 19.6 Å². The summed E-state index contributed by atoms with van der Waals surface area (Å²) in [7, 11) is -8.28. The Morgan fingerprint density at radius 2 is 0.843 bits per heavy atom. The van der Waals surface area contributed by atoms with E-state index in [0.717, 1.165) is 36.6 Å². The lowest BCUT2D eigenvalue weighted by atomic mass is 9.53. The predicted octanol–water partition coefficient (Wildman–Crippen LogP) is -0.778. The molecule has 8 atom stereocenters. The van der Waals surface area contributed by atoms with Crippen LogP contribution in [0.25, 0.3) is 0 Å². The van der Waals surface area contributed by atoms with Gasteiger partial charge < -0.3 is 39.7 Å². The molecule has 4 amide bonds. The number of benzene rings is 4. The molecule has 6 aliphatic rings. The fraction of sp³-hybridized carbons (Fsp3) is 0.348. The molecular formula is C46H44N6O16S2. The Hall–Kier alpha value is -6.96. The molecule has 0 saturated carbocycles. The van der Waals surface area contributed by atoms with Gasteiger partial charge in [0.25, 0.3) is 55.1 Å². The van der Waals surface area contributed by atoms with Crippen molar-refractivity contribution in [3.63, 3.8) is 0 Å². The zero-order valence-corrected chi connectivity index (χ0v) is 39.2. The van der Waals surface area contributed by atoms with E-state index >= 15 is 36.0 Å². The number of carbonyl (C=O) groups excluding carboxylic acids is 6. The number of ether oxygens (including phenoxy) is 2. The molecule has 6 aliphatic heterocycles. The Morgan fingerprint density at radius 3 is 1.17 bits per heavy atom. The number of anilines is 2. The molecule has 4 aromatic carbocycles. The third-order valence-electron chi connectivity index (χ3n) is 14.8. The highest BCUT2D eigenvalue weighted by molar-refractivity contribution is 7.93. The number of sulfonamides is 2. The van der Waals surface area contributed by atoms with Crippen LogP contribution in [0.2, 0.25) is 0 Å². The molecule has 6 heterocycles. The molecular weight excluding hydrogens is 957 g/mol. The number of nitrogens with zero attached hydrogens (tertiary/aromatic N) is 6. The predicted molar refractivity (Wildman–Crippen MR) is 238 cm³/mol. The summed E-state index contributed by atoms with van der Waals surface area (Å²) in [6.07, 6.45) is -6.80. The lowest BCUT2D eigenvalue weighted by Gasteiger charge is -2.52. The van der Waals surface area contributed by atoms with Crippen molar-refractivity contribution in [2.75, 3.05) is 35.9 Å². The minimum absolute atomic E-state index is 0.111. The molecule has 0 aliphatic carbocycles. The van der Waals surface area contributed by atoms with Crippen molar-refractivity contribution >= 4 is 67.0 Å². The molecule has 0 unspecified atom stereocenters. The second-order valence-corrected chi connectivity index (χ2v) is 21.8. The monoisotopic (exact) mass is 1000 g/mol. The van der Waals surface area contributed by atoms with Crippen molar-refractivity contribution in [1.82, 2.24) is 19.6 Å². The highest BCUT2D eigenvalue weighted by atomic mass is 32.2. The topological polar surface area (TPSA) is 290 Å². The maximum Gasteiger partial charge on any atom is 0.302 e. The van der Waals surface area contributed by atoms with Crippen molar-refractivity contribution in [2.24, 2.45) is 0 Å². The summed E-state index contributed by atoms with van der Waals surface area (Å²) in [6, 6.07) is 24.8. The van der Waals surface area contributed by atoms with E-state index in [2.05, 4.69) is 0 Å². The normalized spacial score (nSPS) is 32.1. The van der Waals surface area contributed by atoms with Gasteiger partial charge >= 0.3 is 11.9 Å². The number of fused-ring (bicyclic) bond motifs is 11. The first kappa shape index (κ1) is 46.8. The van der Waals surface area contributed by atoms with Gasteiger partial charge in [-0.3, -0.25) is 38.6 Å². The van der Waals surface area contributed by atoms with Gasteiger partial charge in [0.2, 0.25) is 11.4 Å². The van der Waals surface area contributed by atoms with E-state index < -0.39 is 138 Å². The van der Waals surface area contributed by atoms with Crippen LogP contribution in [0.3, 0.4) is 0 Å².